The second-order valence-corrected chi connectivity index (χ2v) is 4.37. The zero-order valence-corrected chi connectivity index (χ0v) is 8.78. The van der Waals surface area contributed by atoms with Gasteiger partial charge in [-0.1, -0.05) is 20.8 Å². The first-order valence-electron chi connectivity index (χ1n) is 4.23. The lowest BCUT2D eigenvalue weighted by Crippen LogP contribution is -2.37. The van der Waals surface area contributed by atoms with Crippen LogP contribution in [0.4, 0.5) is 0 Å². The van der Waals surface area contributed by atoms with Crippen LogP contribution in [-0.4, -0.2) is 16.9 Å². The third kappa shape index (κ3) is 4.62. The first-order chi connectivity index (χ1) is 5.61. The predicted molar refractivity (Wildman–Crippen MR) is 53.7 cm³/mol. The number of hydrogen-bond donors (Lipinski definition) is 2. The van der Waals surface area contributed by atoms with Crippen LogP contribution in [0.2, 0.25) is 0 Å². The fourth-order valence-electron chi connectivity index (χ4n) is 0.780. The Hall–Kier alpha value is -0.220. The normalized spacial score (nSPS) is 13.1. The Morgan fingerprint density at radius 3 is 2.50 bits per heavy atom. The van der Waals surface area contributed by atoms with Crippen LogP contribution in [0.1, 0.15) is 27.2 Å². The van der Waals surface area contributed by atoms with Crippen LogP contribution in [0, 0.1) is 5.92 Å². The summed E-state index contributed by atoms with van der Waals surface area (Å²) in [4.78, 5) is 11.1. The summed E-state index contributed by atoms with van der Waals surface area (Å²) in [5.41, 5.74) is 2.18. The molecule has 3 nitrogen and oxygen atoms in total. The van der Waals surface area contributed by atoms with Gasteiger partial charge in [-0.15, -0.1) is 11.8 Å². The molecule has 0 aromatic heterocycles. The van der Waals surface area contributed by atoms with Crippen molar-refractivity contribution in [3.8, 4) is 0 Å². The van der Waals surface area contributed by atoms with E-state index in [9.17, 15) is 4.79 Å². The standard InChI is InChI=1S/C8H18N2OS/c1-4-7(8(11)10-9)12-5-6(2)3/h6-7H,4-5,9H2,1-3H3,(H,10,11). The van der Waals surface area contributed by atoms with Crippen molar-refractivity contribution in [2.45, 2.75) is 32.4 Å². The average Bonchev–Trinajstić information content (AvgIpc) is 2.04. The Labute approximate surface area is 78.4 Å². The van der Waals surface area contributed by atoms with Crippen LogP contribution < -0.4 is 11.3 Å². The molecule has 0 aliphatic heterocycles. The van der Waals surface area contributed by atoms with Crippen LogP contribution in [0.15, 0.2) is 0 Å². The van der Waals surface area contributed by atoms with Crippen LogP contribution in [0.25, 0.3) is 0 Å². The van der Waals surface area contributed by atoms with Crippen LogP contribution in [-0.2, 0) is 4.79 Å². The van der Waals surface area contributed by atoms with E-state index in [4.69, 9.17) is 5.84 Å². The molecule has 4 heteroatoms. The highest BCUT2D eigenvalue weighted by atomic mass is 32.2. The van der Waals surface area contributed by atoms with Gasteiger partial charge >= 0.3 is 0 Å². The van der Waals surface area contributed by atoms with Crippen LogP contribution in [0.3, 0.4) is 0 Å². The molecule has 0 heterocycles. The number of hydrogen-bond acceptors (Lipinski definition) is 3. The van der Waals surface area contributed by atoms with Gasteiger partial charge in [0.25, 0.3) is 0 Å². The Kier molecular flexibility index (Phi) is 6.20. The van der Waals surface area contributed by atoms with Gasteiger partial charge in [0.05, 0.1) is 5.25 Å². The number of rotatable bonds is 5. The van der Waals surface area contributed by atoms with E-state index in [1.807, 2.05) is 6.92 Å². The lowest BCUT2D eigenvalue weighted by molar-refractivity contribution is -0.120. The van der Waals surface area contributed by atoms with Crippen LogP contribution >= 0.6 is 11.8 Å². The zero-order chi connectivity index (χ0) is 9.56. The predicted octanol–water partition coefficient (Wildman–Crippen LogP) is 1.14. The molecule has 1 atom stereocenters. The quantitative estimate of drug-likeness (QED) is 0.388. The number of thioether (sulfide) groups is 1. The molecule has 0 rings (SSSR count). The molecule has 0 aliphatic carbocycles. The Balaban J connectivity index is 3.75. The topological polar surface area (TPSA) is 55.1 Å². The number of carbonyl (C=O) groups excluding carboxylic acids is 1. The van der Waals surface area contributed by atoms with Crippen molar-refractivity contribution < 1.29 is 4.79 Å². The second-order valence-electron chi connectivity index (χ2n) is 3.13. The van der Waals surface area contributed by atoms with E-state index in [1.54, 1.807) is 11.8 Å². The molecule has 0 saturated heterocycles. The van der Waals surface area contributed by atoms with Gasteiger partial charge in [0, 0.05) is 0 Å². The smallest absolute Gasteiger partial charge is 0.246 e. The minimum absolute atomic E-state index is 0.0115. The molecule has 0 aromatic carbocycles. The summed E-state index contributed by atoms with van der Waals surface area (Å²) in [6, 6.07) is 0. The number of amides is 1. The molecule has 0 radical (unpaired) electrons. The lowest BCUT2D eigenvalue weighted by atomic mass is 10.3. The van der Waals surface area contributed by atoms with Gasteiger partial charge in [0.15, 0.2) is 0 Å². The summed E-state index contributed by atoms with van der Waals surface area (Å²) in [5.74, 6) is 6.60. The van der Waals surface area contributed by atoms with Gasteiger partial charge in [-0.3, -0.25) is 10.2 Å². The van der Waals surface area contributed by atoms with E-state index in [-0.39, 0.29) is 11.2 Å². The fourth-order valence-corrected chi connectivity index (χ4v) is 1.85. The molecule has 12 heavy (non-hydrogen) atoms. The van der Waals surface area contributed by atoms with Gasteiger partial charge in [0.1, 0.15) is 0 Å². The zero-order valence-electron chi connectivity index (χ0n) is 7.96. The van der Waals surface area contributed by atoms with Gasteiger partial charge in [0.2, 0.25) is 5.91 Å². The van der Waals surface area contributed by atoms with E-state index in [2.05, 4.69) is 19.3 Å². The lowest BCUT2D eigenvalue weighted by Gasteiger charge is -2.13. The molecule has 0 aromatic rings. The largest absolute Gasteiger partial charge is 0.293 e. The molecular weight excluding hydrogens is 172 g/mol. The van der Waals surface area contributed by atoms with E-state index in [0.29, 0.717) is 5.92 Å². The Morgan fingerprint density at radius 1 is 1.58 bits per heavy atom. The van der Waals surface area contributed by atoms with Crippen molar-refractivity contribution in [3.05, 3.63) is 0 Å². The first-order valence-corrected chi connectivity index (χ1v) is 5.28. The van der Waals surface area contributed by atoms with Crippen molar-refractivity contribution in [1.29, 1.82) is 0 Å². The van der Waals surface area contributed by atoms with Crippen molar-refractivity contribution in [2.75, 3.05) is 5.75 Å². The minimum atomic E-state index is -0.0665. The maximum absolute atomic E-state index is 11.1. The maximum atomic E-state index is 11.1. The third-order valence-corrected chi connectivity index (χ3v) is 3.25. The summed E-state index contributed by atoms with van der Waals surface area (Å²) >= 11 is 1.67. The molecule has 0 saturated carbocycles. The summed E-state index contributed by atoms with van der Waals surface area (Å²) in [5, 5.41) is 0.0115. The molecular formula is C8H18N2OS. The van der Waals surface area contributed by atoms with Crippen molar-refractivity contribution >= 4 is 17.7 Å². The van der Waals surface area contributed by atoms with Gasteiger partial charge in [-0.25, -0.2) is 5.84 Å². The molecule has 72 valence electrons. The van der Waals surface area contributed by atoms with Gasteiger partial charge in [-0.05, 0) is 18.1 Å². The number of nitrogens with one attached hydrogen (secondary N) is 1. The molecule has 3 N–H and O–H groups in total. The maximum Gasteiger partial charge on any atom is 0.246 e. The fraction of sp³-hybridized carbons (Fsp3) is 0.875. The highest BCUT2D eigenvalue weighted by Crippen LogP contribution is 2.17. The Bertz CT molecular complexity index is 139. The van der Waals surface area contributed by atoms with Crippen LogP contribution in [0.5, 0.6) is 0 Å². The first kappa shape index (κ1) is 11.8. The molecule has 1 unspecified atom stereocenters. The minimum Gasteiger partial charge on any atom is -0.293 e. The number of hydrazine groups is 1. The summed E-state index contributed by atoms with van der Waals surface area (Å²) in [7, 11) is 0. The van der Waals surface area contributed by atoms with E-state index >= 15 is 0 Å². The summed E-state index contributed by atoms with van der Waals surface area (Å²) < 4.78 is 0. The number of nitrogens with two attached hydrogens (primary N) is 1. The average molecular weight is 190 g/mol. The third-order valence-electron chi connectivity index (χ3n) is 1.44. The highest BCUT2D eigenvalue weighted by Gasteiger charge is 2.15. The van der Waals surface area contributed by atoms with E-state index in [0.717, 1.165) is 12.2 Å². The molecule has 0 bridgehead atoms. The monoisotopic (exact) mass is 190 g/mol. The molecule has 0 fully saturated rings. The van der Waals surface area contributed by atoms with Crippen molar-refractivity contribution in [3.63, 3.8) is 0 Å². The highest BCUT2D eigenvalue weighted by molar-refractivity contribution is 8.00. The summed E-state index contributed by atoms with van der Waals surface area (Å²) in [6.07, 6.45) is 0.834. The number of carbonyl (C=O) groups is 1. The van der Waals surface area contributed by atoms with E-state index < -0.39 is 0 Å². The van der Waals surface area contributed by atoms with E-state index in [1.165, 1.54) is 0 Å². The molecule has 0 spiro atoms. The Morgan fingerprint density at radius 2 is 2.17 bits per heavy atom. The van der Waals surface area contributed by atoms with Crippen molar-refractivity contribution in [2.24, 2.45) is 11.8 Å². The van der Waals surface area contributed by atoms with Gasteiger partial charge in [-0.2, -0.15) is 0 Å². The second kappa shape index (κ2) is 6.31. The molecule has 1 amide bonds. The van der Waals surface area contributed by atoms with Crippen molar-refractivity contribution in [1.82, 2.24) is 5.43 Å². The SMILES string of the molecule is CCC(SCC(C)C)C(=O)NN. The van der Waals surface area contributed by atoms with Gasteiger partial charge < -0.3 is 0 Å². The molecule has 0 aliphatic rings. The summed E-state index contributed by atoms with van der Waals surface area (Å²) in [6.45, 7) is 6.27.